The van der Waals surface area contributed by atoms with Gasteiger partial charge in [-0.2, -0.15) is 18.2 Å². The fraction of sp³-hybridized carbons (Fsp3) is 0.111. The Hall–Kier alpha value is -1.83. The average Bonchev–Trinajstić information content (AvgIpc) is 2.69. The van der Waals surface area contributed by atoms with Crippen LogP contribution in [0.3, 0.4) is 0 Å². The lowest BCUT2D eigenvalue weighted by Crippen LogP contribution is -2.26. The van der Waals surface area contributed by atoms with Crippen LogP contribution in [0.1, 0.15) is 5.69 Å². The Morgan fingerprint density at radius 3 is 2.71 bits per heavy atom. The highest BCUT2D eigenvalue weighted by atomic mass is 32.1. The lowest BCUT2D eigenvalue weighted by Gasteiger charge is -2.02. The molecular weight excluding hydrogens is 257 g/mol. The number of hydrogen-bond donors (Lipinski definition) is 0. The molecule has 0 aliphatic rings. The minimum Gasteiger partial charge on any atom is -0.616 e. The third-order valence-electron chi connectivity index (χ3n) is 1.75. The van der Waals surface area contributed by atoms with Crippen molar-refractivity contribution < 1.29 is 22.6 Å². The van der Waals surface area contributed by atoms with E-state index in [1.54, 1.807) is 0 Å². The van der Waals surface area contributed by atoms with Crippen LogP contribution < -0.4 is 9.47 Å². The minimum atomic E-state index is -4.51. The lowest BCUT2D eigenvalue weighted by atomic mass is 10.5. The molecule has 0 fully saturated rings. The second-order valence-electron chi connectivity index (χ2n) is 2.96. The number of alkyl halides is 3. The summed E-state index contributed by atoms with van der Waals surface area (Å²) in [6.45, 7) is 0. The number of hydrogen-bond acceptors (Lipinski definition) is 4. The van der Waals surface area contributed by atoms with Gasteiger partial charge in [0.1, 0.15) is 0 Å². The zero-order valence-corrected chi connectivity index (χ0v) is 8.96. The summed E-state index contributed by atoms with van der Waals surface area (Å²) in [5.41, 5.74) is -1.04. The van der Waals surface area contributed by atoms with E-state index in [9.17, 15) is 18.4 Å². The van der Waals surface area contributed by atoms with E-state index in [1.165, 1.54) is 24.4 Å². The van der Waals surface area contributed by atoms with Gasteiger partial charge in [0.15, 0.2) is 11.9 Å². The van der Waals surface area contributed by atoms with E-state index >= 15 is 0 Å². The fourth-order valence-corrected chi connectivity index (χ4v) is 1.70. The Balaban J connectivity index is 2.21. The van der Waals surface area contributed by atoms with E-state index in [0.29, 0.717) is 16.1 Å². The largest absolute Gasteiger partial charge is 0.616 e. The monoisotopic (exact) mass is 262 g/mol. The first-order valence-corrected chi connectivity index (χ1v) is 5.23. The standard InChI is InChI=1S/C9H5F3N2O2S/c10-9(11,12)6-5-17-8(13-6)16-7-3-1-2-4-14(7)15/h1-5H. The first kappa shape index (κ1) is 11.6. The topological polar surface area (TPSA) is 49.1 Å². The molecule has 0 aliphatic carbocycles. The van der Waals surface area contributed by atoms with Crippen molar-refractivity contribution in [2.24, 2.45) is 0 Å². The molecule has 2 rings (SSSR count). The Morgan fingerprint density at radius 2 is 2.12 bits per heavy atom. The van der Waals surface area contributed by atoms with Crippen molar-refractivity contribution in [3.8, 4) is 11.1 Å². The van der Waals surface area contributed by atoms with E-state index in [2.05, 4.69) is 4.98 Å². The third-order valence-corrected chi connectivity index (χ3v) is 2.47. The summed E-state index contributed by atoms with van der Waals surface area (Å²) >= 11 is 0.674. The highest BCUT2D eigenvalue weighted by Gasteiger charge is 2.34. The maximum absolute atomic E-state index is 12.2. The van der Waals surface area contributed by atoms with Gasteiger partial charge in [0.05, 0.1) is 6.07 Å². The maximum atomic E-state index is 12.2. The van der Waals surface area contributed by atoms with Crippen LogP contribution in [-0.4, -0.2) is 4.98 Å². The van der Waals surface area contributed by atoms with Gasteiger partial charge in [0.25, 0.3) is 5.19 Å². The normalized spacial score (nSPS) is 11.5. The van der Waals surface area contributed by atoms with Crippen LogP contribution in [0.4, 0.5) is 13.2 Å². The molecule has 0 radical (unpaired) electrons. The van der Waals surface area contributed by atoms with Gasteiger partial charge in [-0.05, 0) is 6.07 Å². The Labute approximate surface area is 97.5 Å². The number of ether oxygens (including phenoxy) is 1. The van der Waals surface area contributed by atoms with Crippen molar-refractivity contribution in [2.75, 3.05) is 0 Å². The molecule has 0 aliphatic heterocycles. The molecule has 90 valence electrons. The van der Waals surface area contributed by atoms with Crippen molar-refractivity contribution in [3.05, 3.63) is 40.7 Å². The maximum Gasteiger partial charge on any atom is 0.434 e. The van der Waals surface area contributed by atoms with Gasteiger partial charge in [-0.3, -0.25) is 0 Å². The van der Waals surface area contributed by atoms with Gasteiger partial charge in [0.2, 0.25) is 0 Å². The van der Waals surface area contributed by atoms with E-state index in [4.69, 9.17) is 4.74 Å². The third kappa shape index (κ3) is 2.64. The molecule has 0 N–H and O–H groups in total. The van der Waals surface area contributed by atoms with Crippen LogP contribution in [-0.2, 0) is 6.18 Å². The summed E-state index contributed by atoms with van der Waals surface area (Å²) in [7, 11) is 0. The van der Waals surface area contributed by atoms with Crippen LogP contribution in [0.5, 0.6) is 11.1 Å². The molecule has 0 saturated heterocycles. The minimum absolute atomic E-state index is 0.129. The SMILES string of the molecule is [O-][n+]1ccccc1Oc1nc(C(F)(F)F)cs1. The van der Waals surface area contributed by atoms with Crippen LogP contribution in [0, 0.1) is 5.21 Å². The number of thiazole rings is 1. The van der Waals surface area contributed by atoms with Gasteiger partial charge >= 0.3 is 12.1 Å². The Kier molecular flexibility index (Phi) is 2.88. The predicted molar refractivity (Wildman–Crippen MR) is 52.6 cm³/mol. The van der Waals surface area contributed by atoms with E-state index in [1.807, 2.05) is 0 Å². The zero-order chi connectivity index (χ0) is 12.5. The van der Waals surface area contributed by atoms with Crippen LogP contribution >= 0.6 is 11.3 Å². The molecule has 0 aromatic carbocycles. The van der Waals surface area contributed by atoms with Crippen molar-refractivity contribution in [3.63, 3.8) is 0 Å². The summed E-state index contributed by atoms with van der Waals surface area (Å²) in [5, 5.41) is 11.8. The quantitative estimate of drug-likeness (QED) is 0.617. The summed E-state index contributed by atoms with van der Waals surface area (Å²) in [4.78, 5) is 3.24. The van der Waals surface area contributed by atoms with Crippen molar-refractivity contribution in [2.45, 2.75) is 6.18 Å². The first-order chi connectivity index (χ1) is 7.97. The molecule has 8 heteroatoms. The first-order valence-electron chi connectivity index (χ1n) is 4.35. The van der Waals surface area contributed by atoms with Gasteiger partial charge in [0, 0.05) is 11.4 Å². The zero-order valence-electron chi connectivity index (χ0n) is 8.14. The van der Waals surface area contributed by atoms with Crippen molar-refractivity contribution in [1.82, 2.24) is 4.98 Å². The number of pyridine rings is 1. The van der Waals surface area contributed by atoms with Crippen LogP contribution in [0.15, 0.2) is 29.8 Å². The summed E-state index contributed by atoms with van der Waals surface area (Å²) < 4.78 is 42.1. The summed E-state index contributed by atoms with van der Waals surface area (Å²) in [6, 6.07) is 4.34. The fourth-order valence-electron chi connectivity index (χ4n) is 1.02. The molecule has 0 amide bonds. The van der Waals surface area contributed by atoms with E-state index < -0.39 is 11.9 Å². The number of halogens is 3. The molecule has 2 heterocycles. The number of nitrogens with zero attached hydrogens (tertiary/aromatic N) is 2. The van der Waals surface area contributed by atoms with Crippen LogP contribution in [0.25, 0.3) is 0 Å². The summed E-state index contributed by atoms with van der Waals surface area (Å²) in [6.07, 6.45) is -3.34. The van der Waals surface area contributed by atoms with Gasteiger partial charge in [-0.25, -0.2) is 0 Å². The Bertz CT molecular complexity index is 527. The second kappa shape index (κ2) is 4.21. The average molecular weight is 262 g/mol. The predicted octanol–water partition coefficient (Wildman–Crippen LogP) is 2.59. The molecule has 0 spiro atoms. The Morgan fingerprint density at radius 1 is 1.35 bits per heavy atom. The highest BCUT2D eigenvalue weighted by Crippen LogP contribution is 2.33. The smallest absolute Gasteiger partial charge is 0.434 e. The molecule has 2 aromatic rings. The molecule has 2 aromatic heterocycles. The molecule has 17 heavy (non-hydrogen) atoms. The number of rotatable bonds is 2. The van der Waals surface area contributed by atoms with Gasteiger partial charge in [-0.1, -0.05) is 11.3 Å². The van der Waals surface area contributed by atoms with E-state index in [-0.39, 0.29) is 11.1 Å². The highest BCUT2D eigenvalue weighted by molar-refractivity contribution is 7.11. The molecule has 4 nitrogen and oxygen atoms in total. The van der Waals surface area contributed by atoms with Gasteiger partial charge in [-0.15, -0.1) is 4.73 Å². The lowest BCUT2D eigenvalue weighted by molar-refractivity contribution is -0.611. The van der Waals surface area contributed by atoms with Gasteiger partial charge < -0.3 is 9.94 Å². The molecule has 0 bridgehead atoms. The summed E-state index contributed by atoms with van der Waals surface area (Å²) in [5.74, 6) is -0.129. The van der Waals surface area contributed by atoms with Crippen LogP contribution in [0.2, 0.25) is 0 Å². The van der Waals surface area contributed by atoms with E-state index in [0.717, 1.165) is 5.38 Å². The molecule has 0 unspecified atom stereocenters. The number of aromatic nitrogens is 2. The van der Waals surface area contributed by atoms with Crippen molar-refractivity contribution >= 4 is 11.3 Å². The molecule has 0 atom stereocenters. The van der Waals surface area contributed by atoms with Crippen molar-refractivity contribution in [1.29, 1.82) is 0 Å². The molecular formula is C9H5F3N2O2S. The second-order valence-corrected chi connectivity index (χ2v) is 3.78. The molecule has 0 saturated carbocycles.